The van der Waals surface area contributed by atoms with Gasteiger partial charge in [-0.1, -0.05) is 71.9 Å². The quantitative estimate of drug-likeness (QED) is 0.581. The molecule has 1 amide bonds. The smallest absolute Gasteiger partial charge is 0.262 e. The van der Waals surface area contributed by atoms with Gasteiger partial charge in [-0.15, -0.1) is 0 Å². The highest BCUT2D eigenvalue weighted by molar-refractivity contribution is 5.93. The van der Waals surface area contributed by atoms with Crippen molar-refractivity contribution < 1.29 is 9.53 Å². The number of para-hydroxylation sites is 1. The maximum absolute atomic E-state index is 12.5. The Kier molecular flexibility index (Phi) is 7.46. The molecule has 2 aromatic rings. The molecule has 0 saturated carbocycles. The lowest BCUT2D eigenvalue weighted by atomic mass is 9.92. The van der Waals surface area contributed by atoms with E-state index in [1.807, 2.05) is 12.1 Å². The second kappa shape index (κ2) is 9.59. The van der Waals surface area contributed by atoms with Crippen LogP contribution in [0.15, 0.2) is 42.5 Å². The Bertz CT molecular complexity index is 721. The molecular weight excluding hydrogens is 334 g/mol. The van der Waals surface area contributed by atoms with E-state index in [-0.39, 0.29) is 12.5 Å². The van der Waals surface area contributed by atoms with Crippen LogP contribution in [-0.4, -0.2) is 12.5 Å². The Balaban J connectivity index is 2.06. The van der Waals surface area contributed by atoms with Crippen molar-refractivity contribution in [2.75, 3.05) is 11.9 Å². The molecule has 2 rings (SSSR count). The largest absolute Gasteiger partial charge is 0.484 e. The molecule has 27 heavy (non-hydrogen) atoms. The van der Waals surface area contributed by atoms with Gasteiger partial charge in [0.2, 0.25) is 0 Å². The molecule has 3 heteroatoms. The lowest BCUT2D eigenvalue weighted by Crippen LogP contribution is -2.22. The maximum Gasteiger partial charge on any atom is 0.262 e. The van der Waals surface area contributed by atoms with Gasteiger partial charge in [0.15, 0.2) is 6.61 Å². The predicted molar refractivity (Wildman–Crippen MR) is 114 cm³/mol. The summed E-state index contributed by atoms with van der Waals surface area (Å²) in [6, 6.07) is 14.3. The summed E-state index contributed by atoms with van der Waals surface area (Å²) in [4.78, 5) is 12.5. The topological polar surface area (TPSA) is 38.3 Å². The Labute approximate surface area is 164 Å². The summed E-state index contributed by atoms with van der Waals surface area (Å²) in [5, 5.41) is 3.09. The molecule has 0 fully saturated rings. The third-order valence-corrected chi connectivity index (χ3v) is 5.07. The van der Waals surface area contributed by atoms with Crippen LogP contribution in [0, 0.1) is 0 Å². The zero-order valence-electron chi connectivity index (χ0n) is 17.5. The van der Waals surface area contributed by atoms with Crippen molar-refractivity contribution in [1.29, 1.82) is 0 Å². The molecule has 1 atom stereocenters. The molecule has 2 aromatic carbocycles. The van der Waals surface area contributed by atoms with Crippen LogP contribution >= 0.6 is 0 Å². The van der Waals surface area contributed by atoms with E-state index < -0.39 is 0 Å². The molecule has 3 nitrogen and oxygen atoms in total. The van der Waals surface area contributed by atoms with E-state index in [0.29, 0.717) is 17.8 Å². The number of rotatable bonds is 8. The number of nitrogens with one attached hydrogen (secondary N) is 1. The highest BCUT2D eigenvalue weighted by Crippen LogP contribution is 2.32. The highest BCUT2D eigenvalue weighted by Gasteiger charge is 2.16. The van der Waals surface area contributed by atoms with Crippen LogP contribution in [0.5, 0.6) is 5.75 Å². The minimum Gasteiger partial charge on any atom is -0.484 e. The molecule has 0 heterocycles. The van der Waals surface area contributed by atoms with Crippen molar-refractivity contribution in [2.45, 2.75) is 65.7 Å². The zero-order chi connectivity index (χ0) is 20.0. The summed E-state index contributed by atoms with van der Waals surface area (Å²) < 4.78 is 5.70. The Morgan fingerprint density at radius 1 is 0.926 bits per heavy atom. The monoisotopic (exact) mass is 367 g/mol. The van der Waals surface area contributed by atoms with E-state index in [0.717, 1.165) is 29.0 Å². The first-order valence-electron chi connectivity index (χ1n) is 9.98. The van der Waals surface area contributed by atoms with Crippen molar-refractivity contribution in [3.63, 3.8) is 0 Å². The molecule has 0 aliphatic rings. The van der Waals surface area contributed by atoms with E-state index >= 15 is 0 Å². The summed E-state index contributed by atoms with van der Waals surface area (Å²) in [7, 11) is 0. The molecule has 0 spiro atoms. The zero-order valence-corrected chi connectivity index (χ0v) is 17.5. The average molecular weight is 368 g/mol. The Morgan fingerprint density at radius 2 is 1.48 bits per heavy atom. The maximum atomic E-state index is 12.5. The molecule has 0 saturated heterocycles. The molecule has 146 valence electrons. The van der Waals surface area contributed by atoms with Crippen molar-refractivity contribution in [3.8, 4) is 5.75 Å². The van der Waals surface area contributed by atoms with Crippen LogP contribution < -0.4 is 10.1 Å². The van der Waals surface area contributed by atoms with Crippen LogP contribution in [0.2, 0.25) is 0 Å². The van der Waals surface area contributed by atoms with E-state index in [1.165, 1.54) is 5.56 Å². The molecule has 0 aliphatic heterocycles. The van der Waals surface area contributed by atoms with Crippen LogP contribution in [0.4, 0.5) is 5.69 Å². The molecule has 0 aliphatic carbocycles. The van der Waals surface area contributed by atoms with Gasteiger partial charge in [-0.2, -0.15) is 0 Å². The van der Waals surface area contributed by atoms with E-state index in [9.17, 15) is 4.79 Å². The third-order valence-electron chi connectivity index (χ3n) is 5.07. The van der Waals surface area contributed by atoms with Gasteiger partial charge in [0.1, 0.15) is 5.75 Å². The predicted octanol–water partition coefficient (Wildman–Crippen LogP) is 6.46. The van der Waals surface area contributed by atoms with Crippen molar-refractivity contribution in [2.24, 2.45) is 0 Å². The fourth-order valence-electron chi connectivity index (χ4n) is 3.15. The van der Waals surface area contributed by atoms with Gasteiger partial charge in [-0.25, -0.2) is 0 Å². The minimum atomic E-state index is -0.129. The first-order valence-corrected chi connectivity index (χ1v) is 9.98. The van der Waals surface area contributed by atoms with Crippen LogP contribution in [-0.2, 0) is 4.79 Å². The molecule has 1 N–H and O–H groups in total. The third kappa shape index (κ3) is 5.59. The van der Waals surface area contributed by atoms with E-state index in [1.54, 1.807) is 0 Å². The number of amides is 1. The van der Waals surface area contributed by atoms with Crippen LogP contribution in [0.25, 0.3) is 0 Å². The second-order valence-electron chi connectivity index (χ2n) is 7.84. The molecule has 0 radical (unpaired) electrons. The van der Waals surface area contributed by atoms with Crippen molar-refractivity contribution in [1.82, 2.24) is 0 Å². The number of carbonyl (C=O) groups is 1. The summed E-state index contributed by atoms with van der Waals surface area (Å²) >= 11 is 0. The average Bonchev–Trinajstić information content (AvgIpc) is 2.65. The van der Waals surface area contributed by atoms with Gasteiger partial charge in [0.05, 0.1) is 0 Å². The van der Waals surface area contributed by atoms with Crippen LogP contribution in [0.3, 0.4) is 0 Å². The first-order chi connectivity index (χ1) is 12.8. The molecular formula is C24H33NO2. The van der Waals surface area contributed by atoms with E-state index in [4.69, 9.17) is 4.74 Å². The number of hydrogen-bond acceptors (Lipinski definition) is 2. The summed E-state index contributed by atoms with van der Waals surface area (Å²) in [5.74, 6) is 1.81. The molecule has 0 aromatic heterocycles. The molecule has 0 bridgehead atoms. The molecule has 1 unspecified atom stereocenters. The van der Waals surface area contributed by atoms with Crippen molar-refractivity contribution in [3.05, 3.63) is 59.2 Å². The fraction of sp³-hybridized carbons (Fsp3) is 0.458. The second-order valence-corrected chi connectivity index (χ2v) is 7.84. The van der Waals surface area contributed by atoms with Gasteiger partial charge in [0, 0.05) is 5.69 Å². The first kappa shape index (κ1) is 21.0. The minimum absolute atomic E-state index is 0.00659. The number of ether oxygens (including phenoxy) is 1. The lowest BCUT2D eigenvalue weighted by molar-refractivity contribution is -0.118. The Morgan fingerprint density at radius 3 is 1.96 bits per heavy atom. The lowest BCUT2D eigenvalue weighted by Gasteiger charge is -2.20. The van der Waals surface area contributed by atoms with Gasteiger partial charge >= 0.3 is 0 Å². The number of hydrogen-bond donors (Lipinski definition) is 1. The standard InChI is InChI=1S/C24H33NO2/c1-7-18(6)19-11-13-20(14-12-19)27-15-23(26)25-24-21(16(2)3)9-8-10-22(24)17(4)5/h8-14,16-18H,7,15H2,1-6H3,(H,25,26). The summed E-state index contributed by atoms with van der Waals surface area (Å²) in [5.41, 5.74) is 4.55. The fourth-order valence-corrected chi connectivity index (χ4v) is 3.15. The number of anilines is 1. The SMILES string of the molecule is CCC(C)c1ccc(OCC(=O)Nc2c(C(C)C)cccc2C(C)C)cc1. The van der Waals surface area contributed by atoms with Crippen molar-refractivity contribution >= 4 is 11.6 Å². The highest BCUT2D eigenvalue weighted by atomic mass is 16.5. The van der Waals surface area contributed by atoms with E-state index in [2.05, 4.69) is 77.2 Å². The summed E-state index contributed by atoms with van der Waals surface area (Å²) in [6.45, 7) is 13.0. The Hall–Kier alpha value is -2.29. The normalized spacial score (nSPS) is 12.3. The van der Waals surface area contributed by atoms with Gasteiger partial charge in [0.25, 0.3) is 5.91 Å². The van der Waals surface area contributed by atoms with Crippen LogP contribution in [0.1, 0.15) is 82.4 Å². The van der Waals surface area contributed by atoms with Gasteiger partial charge in [-0.3, -0.25) is 4.79 Å². The number of benzene rings is 2. The summed E-state index contributed by atoms with van der Waals surface area (Å²) in [6.07, 6.45) is 1.11. The number of carbonyl (C=O) groups excluding carboxylic acids is 1. The van der Waals surface area contributed by atoms with Gasteiger partial charge < -0.3 is 10.1 Å². The van der Waals surface area contributed by atoms with Gasteiger partial charge in [-0.05, 0) is 53.0 Å².